The first kappa shape index (κ1) is 17.5. The molecule has 3 aromatic carbocycles. The van der Waals surface area contributed by atoms with Crippen molar-refractivity contribution in [1.29, 1.82) is 0 Å². The van der Waals surface area contributed by atoms with Crippen LogP contribution in [-0.2, 0) is 0 Å². The van der Waals surface area contributed by atoms with Gasteiger partial charge in [0.05, 0.1) is 29.7 Å². The zero-order chi connectivity index (χ0) is 19.5. The first-order chi connectivity index (χ1) is 13.7. The Morgan fingerprint density at radius 1 is 0.929 bits per heavy atom. The Bertz CT molecular complexity index is 1120. The molecule has 1 aromatic heterocycles. The van der Waals surface area contributed by atoms with Crippen molar-refractivity contribution >= 4 is 5.97 Å². The van der Waals surface area contributed by atoms with Gasteiger partial charge in [0.15, 0.2) is 0 Å². The third-order valence-corrected chi connectivity index (χ3v) is 4.53. The molecule has 1 N–H and O–H groups in total. The molecule has 0 aliphatic heterocycles. The standard InChI is InChI=1S/C23H18N2O3/c1-28-18-13-11-16(12-14-18)21-15-22(19-9-5-6-10-20(19)23(26)27)25(24-21)17-7-3-2-4-8-17/h2-15H,1H3,(H,26,27). The number of carboxylic acids is 1. The van der Waals surface area contributed by atoms with Gasteiger partial charge < -0.3 is 9.84 Å². The van der Waals surface area contributed by atoms with E-state index in [9.17, 15) is 9.90 Å². The van der Waals surface area contributed by atoms with Gasteiger partial charge in [0, 0.05) is 11.1 Å². The molecular formula is C23H18N2O3. The maximum Gasteiger partial charge on any atom is 0.336 e. The van der Waals surface area contributed by atoms with Gasteiger partial charge in [-0.1, -0.05) is 36.4 Å². The first-order valence-corrected chi connectivity index (χ1v) is 8.80. The molecule has 4 aromatic rings. The molecule has 0 saturated heterocycles. The number of benzene rings is 3. The van der Waals surface area contributed by atoms with Crippen LogP contribution in [0.5, 0.6) is 5.75 Å². The van der Waals surface area contributed by atoms with Crippen molar-refractivity contribution in [2.24, 2.45) is 0 Å². The van der Waals surface area contributed by atoms with Crippen molar-refractivity contribution in [2.75, 3.05) is 7.11 Å². The van der Waals surface area contributed by atoms with E-state index in [1.807, 2.05) is 66.7 Å². The Morgan fingerprint density at radius 3 is 2.29 bits per heavy atom. The topological polar surface area (TPSA) is 64.3 Å². The second-order valence-electron chi connectivity index (χ2n) is 6.24. The molecule has 0 amide bonds. The molecule has 0 bridgehead atoms. The molecule has 4 rings (SSSR count). The Kier molecular flexibility index (Phi) is 4.64. The first-order valence-electron chi connectivity index (χ1n) is 8.80. The number of rotatable bonds is 5. The fraction of sp³-hybridized carbons (Fsp3) is 0.0435. The number of hydrogen-bond acceptors (Lipinski definition) is 3. The van der Waals surface area contributed by atoms with Gasteiger partial charge in [0.1, 0.15) is 5.75 Å². The largest absolute Gasteiger partial charge is 0.497 e. The number of hydrogen-bond donors (Lipinski definition) is 1. The van der Waals surface area contributed by atoms with Gasteiger partial charge in [-0.05, 0) is 48.5 Å². The van der Waals surface area contributed by atoms with Crippen LogP contribution in [0.25, 0.3) is 28.2 Å². The summed E-state index contributed by atoms with van der Waals surface area (Å²) in [5.74, 6) is -0.204. The molecule has 1 heterocycles. The van der Waals surface area contributed by atoms with Crippen LogP contribution in [0.15, 0.2) is 84.9 Å². The Balaban J connectivity index is 1.92. The highest BCUT2D eigenvalue weighted by Gasteiger charge is 2.18. The van der Waals surface area contributed by atoms with Crippen LogP contribution in [0.2, 0.25) is 0 Å². The van der Waals surface area contributed by atoms with Gasteiger partial charge in [-0.2, -0.15) is 5.10 Å². The van der Waals surface area contributed by atoms with Gasteiger partial charge in [0.2, 0.25) is 0 Å². The average molecular weight is 370 g/mol. The third kappa shape index (κ3) is 3.25. The highest BCUT2D eigenvalue weighted by atomic mass is 16.5. The summed E-state index contributed by atoms with van der Waals surface area (Å²) in [6, 6.07) is 26.2. The summed E-state index contributed by atoms with van der Waals surface area (Å²) >= 11 is 0. The minimum atomic E-state index is -0.970. The highest BCUT2D eigenvalue weighted by molar-refractivity contribution is 5.96. The number of ether oxygens (including phenoxy) is 1. The summed E-state index contributed by atoms with van der Waals surface area (Å²) in [7, 11) is 1.63. The molecule has 5 heteroatoms. The molecule has 0 aliphatic carbocycles. The lowest BCUT2D eigenvalue weighted by Gasteiger charge is -2.09. The fourth-order valence-electron chi connectivity index (χ4n) is 3.13. The number of methoxy groups -OCH3 is 1. The van der Waals surface area contributed by atoms with E-state index in [1.54, 1.807) is 30.0 Å². The van der Waals surface area contributed by atoms with Crippen LogP contribution in [0.3, 0.4) is 0 Å². The van der Waals surface area contributed by atoms with Crippen LogP contribution in [-0.4, -0.2) is 28.0 Å². The van der Waals surface area contributed by atoms with E-state index in [2.05, 4.69) is 0 Å². The Labute approximate surface area is 162 Å². The van der Waals surface area contributed by atoms with Crippen LogP contribution in [0.1, 0.15) is 10.4 Å². The molecule has 28 heavy (non-hydrogen) atoms. The van der Waals surface area contributed by atoms with E-state index in [4.69, 9.17) is 9.84 Å². The monoisotopic (exact) mass is 370 g/mol. The SMILES string of the molecule is COc1ccc(-c2cc(-c3ccccc3C(=O)O)n(-c3ccccc3)n2)cc1. The van der Waals surface area contributed by atoms with Gasteiger partial charge in [-0.25, -0.2) is 9.48 Å². The van der Waals surface area contributed by atoms with Crippen molar-refractivity contribution in [3.63, 3.8) is 0 Å². The molecule has 0 fully saturated rings. The third-order valence-electron chi connectivity index (χ3n) is 4.53. The minimum Gasteiger partial charge on any atom is -0.497 e. The van der Waals surface area contributed by atoms with Crippen molar-refractivity contribution in [3.05, 3.63) is 90.5 Å². The van der Waals surface area contributed by atoms with Gasteiger partial charge >= 0.3 is 5.97 Å². The maximum atomic E-state index is 11.7. The molecule has 138 valence electrons. The van der Waals surface area contributed by atoms with Crippen molar-refractivity contribution in [1.82, 2.24) is 9.78 Å². The van der Waals surface area contributed by atoms with Gasteiger partial charge in [-0.15, -0.1) is 0 Å². The van der Waals surface area contributed by atoms with Gasteiger partial charge in [0.25, 0.3) is 0 Å². The summed E-state index contributed by atoms with van der Waals surface area (Å²) in [5, 5.41) is 14.4. The average Bonchev–Trinajstić information content (AvgIpc) is 3.20. The fourth-order valence-corrected chi connectivity index (χ4v) is 3.13. The predicted molar refractivity (Wildman–Crippen MR) is 108 cm³/mol. The number of aromatic carboxylic acids is 1. The second kappa shape index (κ2) is 7.40. The number of carboxylic acid groups (broad SMARTS) is 1. The van der Waals surface area contributed by atoms with Crippen LogP contribution in [0, 0.1) is 0 Å². The predicted octanol–water partition coefficient (Wildman–Crippen LogP) is 4.91. The highest BCUT2D eigenvalue weighted by Crippen LogP contribution is 2.31. The number of carbonyl (C=O) groups is 1. The zero-order valence-electron chi connectivity index (χ0n) is 15.2. The maximum absolute atomic E-state index is 11.7. The van der Waals surface area contributed by atoms with Crippen molar-refractivity contribution in [3.8, 4) is 34.0 Å². The lowest BCUT2D eigenvalue weighted by atomic mass is 10.0. The van der Waals surface area contributed by atoms with E-state index in [0.29, 0.717) is 5.56 Å². The summed E-state index contributed by atoms with van der Waals surface area (Å²) in [6.07, 6.45) is 0. The quantitative estimate of drug-likeness (QED) is 0.542. The zero-order valence-corrected chi connectivity index (χ0v) is 15.2. The van der Waals surface area contributed by atoms with Crippen LogP contribution in [0.4, 0.5) is 0 Å². The molecule has 0 atom stereocenters. The molecule has 5 nitrogen and oxygen atoms in total. The number of nitrogens with zero attached hydrogens (tertiary/aromatic N) is 2. The normalized spacial score (nSPS) is 10.6. The summed E-state index contributed by atoms with van der Waals surface area (Å²) < 4.78 is 7.00. The van der Waals surface area contributed by atoms with Crippen molar-refractivity contribution < 1.29 is 14.6 Å². The molecule has 0 saturated carbocycles. The summed E-state index contributed by atoms with van der Waals surface area (Å²) in [6.45, 7) is 0. The number of aromatic nitrogens is 2. The summed E-state index contributed by atoms with van der Waals surface area (Å²) in [5.41, 5.74) is 4.10. The van der Waals surface area contributed by atoms with E-state index < -0.39 is 5.97 Å². The molecule has 0 radical (unpaired) electrons. The molecular weight excluding hydrogens is 352 g/mol. The van der Waals surface area contributed by atoms with E-state index in [0.717, 1.165) is 28.4 Å². The molecule has 0 aliphatic rings. The summed E-state index contributed by atoms with van der Waals surface area (Å²) in [4.78, 5) is 11.7. The minimum absolute atomic E-state index is 0.237. The van der Waals surface area contributed by atoms with Gasteiger partial charge in [-0.3, -0.25) is 0 Å². The van der Waals surface area contributed by atoms with E-state index in [1.165, 1.54) is 0 Å². The van der Waals surface area contributed by atoms with Crippen molar-refractivity contribution in [2.45, 2.75) is 0 Å². The lowest BCUT2D eigenvalue weighted by Crippen LogP contribution is -2.04. The second-order valence-corrected chi connectivity index (χ2v) is 6.24. The van der Waals surface area contributed by atoms with E-state index >= 15 is 0 Å². The Morgan fingerprint density at radius 2 is 1.61 bits per heavy atom. The molecule has 0 spiro atoms. The Hall–Kier alpha value is -3.86. The lowest BCUT2D eigenvalue weighted by molar-refractivity contribution is 0.0697. The van der Waals surface area contributed by atoms with Crippen LogP contribution >= 0.6 is 0 Å². The van der Waals surface area contributed by atoms with E-state index in [-0.39, 0.29) is 5.56 Å². The smallest absolute Gasteiger partial charge is 0.336 e. The molecule has 0 unspecified atom stereocenters. The van der Waals surface area contributed by atoms with Crippen LogP contribution < -0.4 is 4.74 Å². The number of para-hydroxylation sites is 1.